The van der Waals surface area contributed by atoms with Crippen molar-refractivity contribution in [2.24, 2.45) is 0 Å². The van der Waals surface area contributed by atoms with Gasteiger partial charge in [-0.3, -0.25) is 9.36 Å². The van der Waals surface area contributed by atoms with Gasteiger partial charge in [0.1, 0.15) is 10.9 Å². The Labute approximate surface area is 161 Å². The molecule has 0 radical (unpaired) electrons. The summed E-state index contributed by atoms with van der Waals surface area (Å²) in [7, 11) is 0. The molecule has 4 nitrogen and oxygen atoms in total. The highest BCUT2D eigenvalue weighted by atomic mass is 32.2. The van der Waals surface area contributed by atoms with Crippen LogP contribution in [0.25, 0.3) is 21.9 Å². The number of aryl methyl sites for hydroxylation is 1. The van der Waals surface area contributed by atoms with Crippen molar-refractivity contribution in [1.82, 2.24) is 9.55 Å². The zero-order valence-electron chi connectivity index (χ0n) is 14.7. The van der Waals surface area contributed by atoms with Crippen LogP contribution in [0.15, 0.2) is 63.2 Å². The second-order valence-corrected chi connectivity index (χ2v) is 7.28. The lowest BCUT2D eigenvalue weighted by Gasteiger charge is -2.15. The van der Waals surface area contributed by atoms with Crippen LogP contribution in [0.3, 0.4) is 0 Å². The lowest BCUT2D eigenvalue weighted by atomic mass is 10.1. The van der Waals surface area contributed by atoms with Gasteiger partial charge in [0.2, 0.25) is 0 Å². The summed E-state index contributed by atoms with van der Waals surface area (Å²) in [5, 5.41) is 0.456. The second kappa shape index (κ2) is 7.81. The summed E-state index contributed by atoms with van der Waals surface area (Å²) in [4.78, 5) is 22.3. The molecule has 1 heterocycles. The summed E-state index contributed by atoms with van der Waals surface area (Å²) >= 11 is 2.95. The first-order valence-corrected chi connectivity index (χ1v) is 10.3. The van der Waals surface area contributed by atoms with E-state index in [1.54, 1.807) is 11.8 Å². The summed E-state index contributed by atoms with van der Waals surface area (Å²) in [6.07, 6.45) is 3.83. The van der Waals surface area contributed by atoms with E-state index in [1.165, 1.54) is 16.3 Å². The molecule has 0 saturated carbocycles. The Hall–Kier alpha value is -2.49. The first-order chi connectivity index (χ1) is 12.6. The van der Waals surface area contributed by atoms with Crippen LogP contribution < -0.4 is 5.56 Å². The number of hydrogen-bond donors (Lipinski definition) is 0. The largest absolute Gasteiger partial charge is 0.282 e. The second-order valence-electron chi connectivity index (χ2n) is 5.61. The molecule has 6 heteroatoms. The fourth-order valence-electron chi connectivity index (χ4n) is 2.60. The minimum Gasteiger partial charge on any atom is -0.282 e. The molecule has 0 fully saturated rings. The van der Waals surface area contributed by atoms with E-state index in [0.29, 0.717) is 16.5 Å². The molecule has 26 heavy (non-hydrogen) atoms. The standard InChI is InChI=1S/C20H17N3OS2/c1-13-5-7-14(8-6-13)18-22-19(26-4)17(21-2)20(24)23(18)15-9-11-16(25-3)12-10-15/h5-12H,1,3-4H3. The maximum absolute atomic E-state index is 13.1. The van der Waals surface area contributed by atoms with Gasteiger partial charge in [0.05, 0.1) is 6.57 Å². The lowest BCUT2D eigenvalue weighted by Crippen LogP contribution is -2.22. The van der Waals surface area contributed by atoms with Crippen LogP contribution in [0, 0.1) is 13.5 Å². The molecule has 1 aromatic heterocycles. The number of aromatic nitrogens is 2. The molecule has 0 aliphatic heterocycles. The molecule has 0 aliphatic rings. The Balaban J connectivity index is 2.34. The van der Waals surface area contributed by atoms with Crippen molar-refractivity contribution < 1.29 is 0 Å². The third kappa shape index (κ3) is 3.41. The van der Waals surface area contributed by atoms with Crippen molar-refractivity contribution in [2.75, 3.05) is 12.5 Å². The summed E-state index contributed by atoms with van der Waals surface area (Å²) in [6, 6.07) is 15.6. The zero-order valence-corrected chi connectivity index (χ0v) is 16.3. The highest BCUT2D eigenvalue weighted by Gasteiger charge is 2.18. The van der Waals surface area contributed by atoms with Gasteiger partial charge in [-0.25, -0.2) is 9.83 Å². The Morgan fingerprint density at radius 2 is 1.65 bits per heavy atom. The molecule has 0 N–H and O–H groups in total. The van der Waals surface area contributed by atoms with Gasteiger partial charge >= 0.3 is 0 Å². The molecule has 0 saturated heterocycles. The van der Waals surface area contributed by atoms with Crippen LogP contribution >= 0.6 is 23.5 Å². The Morgan fingerprint density at radius 1 is 1.00 bits per heavy atom. The smallest absolute Gasteiger partial charge is 0.282 e. The topological polar surface area (TPSA) is 39.2 Å². The van der Waals surface area contributed by atoms with E-state index in [9.17, 15) is 4.79 Å². The van der Waals surface area contributed by atoms with Gasteiger partial charge in [0.15, 0.2) is 0 Å². The number of thioether (sulfide) groups is 2. The molecular weight excluding hydrogens is 362 g/mol. The van der Waals surface area contributed by atoms with Crippen LogP contribution in [0.4, 0.5) is 5.69 Å². The molecule has 0 unspecified atom stereocenters. The van der Waals surface area contributed by atoms with E-state index >= 15 is 0 Å². The quantitative estimate of drug-likeness (QED) is 0.355. The molecule has 0 atom stereocenters. The number of rotatable bonds is 4. The van der Waals surface area contributed by atoms with Gasteiger partial charge in [-0.15, -0.1) is 23.5 Å². The third-order valence-electron chi connectivity index (χ3n) is 3.97. The van der Waals surface area contributed by atoms with Crippen molar-refractivity contribution in [2.45, 2.75) is 16.8 Å². The van der Waals surface area contributed by atoms with E-state index in [2.05, 4.69) is 9.83 Å². The summed E-state index contributed by atoms with van der Waals surface area (Å²) in [5.74, 6) is 0.545. The molecule has 0 amide bonds. The number of nitrogens with zero attached hydrogens (tertiary/aromatic N) is 3. The van der Waals surface area contributed by atoms with Gasteiger partial charge in [-0.05, 0) is 43.7 Å². The number of benzene rings is 2. The minimum absolute atomic E-state index is 0.0577. The number of hydrogen-bond acceptors (Lipinski definition) is 4. The normalized spacial score (nSPS) is 10.5. The molecule has 0 bridgehead atoms. The fraction of sp³-hybridized carbons (Fsp3) is 0.150. The monoisotopic (exact) mass is 379 g/mol. The lowest BCUT2D eigenvalue weighted by molar-refractivity contribution is 0.914. The van der Waals surface area contributed by atoms with Crippen molar-refractivity contribution in [3.63, 3.8) is 0 Å². The highest BCUT2D eigenvalue weighted by Crippen LogP contribution is 2.29. The average molecular weight is 380 g/mol. The van der Waals surface area contributed by atoms with Crippen LogP contribution in [0.2, 0.25) is 0 Å². The molecular formula is C20H17N3OS2. The first kappa shape index (κ1) is 18.3. The SMILES string of the molecule is [C-]#[N+]c1c(SC)nc(-c2ccc(C)cc2)n(-c2ccc(SC)cc2)c1=O. The molecule has 2 aromatic carbocycles. The Bertz CT molecular complexity index is 1030. The fourth-order valence-corrected chi connectivity index (χ4v) is 3.51. The maximum atomic E-state index is 13.1. The van der Waals surface area contributed by atoms with E-state index in [-0.39, 0.29) is 11.2 Å². The molecule has 0 spiro atoms. The van der Waals surface area contributed by atoms with Crippen molar-refractivity contribution in [1.29, 1.82) is 0 Å². The van der Waals surface area contributed by atoms with Gasteiger partial charge < -0.3 is 0 Å². The molecule has 130 valence electrons. The molecule has 3 aromatic rings. The van der Waals surface area contributed by atoms with Crippen LogP contribution in [-0.4, -0.2) is 22.1 Å². The van der Waals surface area contributed by atoms with E-state index in [4.69, 9.17) is 6.57 Å². The first-order valence-electron chi connectivity index (χ1n) is 7.89. The summed E-state index contributed by atoms with van der Waals surface area (Å²) < 4.78 is 1.53. The van der Waals surface area contributed by atoms with Crippen LogP contribution in [0.5, 0.6) is 0 Å². The molecule has 3 rings (SSSR count). The summed E-state index contributed by atoms with van der Waals surface area (Å²) in [6.45, 7) is 9.42. The average Bonchev–Trinajstić information content (AvgIpc) is 2.68. The van der Waals surface area contributed by atoms with Crippen molar-refractivity contribution in [3.05, 3.63) is 75.9 Å². The predicted octanol–water partition coefficient (Wildman–Crippen LogP) is 5.20. The Kier molecular flexibility index (Phi) is 5.50. The van der Waals surface area contributed by atoms with Gasteiger partial charge in [-0.1, -0.05) is 29.8 Å². The van der Waals surface area contributed by atoms with Crippen molar-refractivity contribution in [3.8, 4) is 17.1 Å². The van der Waals surface area contributed by atoms with Crippen LogP contribution in [0.1, 0.15) is 5.56 Å². The molecule has 0 aliphatic carbocycles. The zero-order chi connectivity index (χ0) is 18.7. The maximum Gasteiger partial charge on any atom is 0.282 e. The van der Waals surface area contributed by atoms with Crippen molar-refractivity contribution >= 4 is 29.2 Å². The van der Waals surface area contributed by atoms with E-state index in [0.717, 1.165) is 16.0 Å². The minimum atomic E-state index is -0.341. The van der Waals surface area contributed by atoms with E-state index in [1.807, 2.05) is 68.0 Å². The highest BCUT2D eigenvalue weighted by molar-refractivity contribution is 7.98. The third-order valence-corrected chi connectivity index (χ3v) is 5.39. The summed E-state index contributed by atoms with van der Waals surface area (Å²) in [5.41, 5.74) is 2.39. The van der Waals surface area contributed by atoms with Gasteiger partial charge in [-0.2, -0.15) is 0 Å². The van der Waals surface area contributed by atoms with Crippen LogP contribution in [-0.2, 0) is 0 Å². The van der Waals surface area contributed by atoms with E-state index < -0.39 is 0 Å². The van der Waals surface area contributed by atoms with Gasteiger partial charge in [0, 0.05) is 16.1 Å². The van der Waals surface area contributed by atoms with Gasteiger partial charge in [0.25, 0.3) is 11.2 Å². The Morgan fingerprint density at radius 3 is 2.19 bits per heavy atom. The predicted molar refractivity (Wildman–Crippen MR) is 110 cm³/mol.